The fourth-order valence-electron chi connectivity index (χ4n) is 1.74. The molecule has 0 aliphatic heterocycles. The van der Waals surface area contributed by atoms with Gasteiger partial charge in [-0.15, -0.1) is 0 Å². The summed E-state index contributed by atoms with van der Waals surface area (Å²) in [5.74, 6) is 0.690. The van der Waals surface area contributed by atoms with Crippen LogP contribution in [0.4, 0.5) is 0 Å². The predicted octanol–water partition coefficient (Wildman–Crippen LogP) is 3.90. The molecule has 1 aliphatic carbocycles. The van der Waals surface area contributed by atoms with Crippen LogP contribution in [0.2, 0.25) is 10.0 Å². The van der Waals surface area contributed by atoms with Crippen molar-refractivity contribution in [3.8, 4) is 5.75 Å². The van der Waals surface area contributed by atoms with Gasteiger partial charge in [0.1, 0.15) is 11.4 Å². The first-order chi connectivity index (χ1) is 8.15. The lowest BCUT2D eigenvalue weighted by molar-refractivity contribution is 0.176. The van der Waals surface area contributed by atoms with Crippen molar-refractivity contribution in [1.82, 2.24) is 5.32 Å². The van der Waals surface area contributed by atoms with Gasteiger partial charge < -0.3 is 10.1 Å². The summed E-state index contributed by atoms with van der Waals surface area (Å²) < 4.78 is 5.99. The molecule has 0 unspecified atom stereocenters. The van der Waals surface area contributed by atoms with Crippen LogP contribution < -0.4 is 10.1 Å². The smallest absolute Gasteiger partial charge is 0.140 e. The zero-order chi connectivity index (χ0) is 12.3. The van der Waals surface area contributed by atoms with E-state index in [0.717, 1.165) is 32.4 Å². The van der Waals surface area contributed by atoms with Gasteiger partial charge in [-0.05, 0) is 37.9 Å². The Hall–Kier alpha value is -0.440. The third-order valence-electron chi connectivity index (χ3n) is 2.90. The first-order valence-corrected chi connectivity index (χ1v) is 6.76. The van der Waals surface area contributed by atoms with Crippen LogP contribution in [0.25, 0.3) is 0 Å². The second-order valence-electron chi connectivity index (χ2n) is 4.54. The molecule has 0 saturated heterocycles. The molecule has 1 aromatic rings. The molecule has 94 valence electrons. The van der Waals surface area contributed by atoms with Gasteiger partial charge in [0.25, 0.3) is 0 Å². The standard InChI is InChI=1S/C13H17Cl2NO/c1-2-7-16-9-13(5-6-13)17-12-8-10(14)3-4-11(12)15/h3-4,8,16H,2,5-7,9H2,1H3. The fourth-order valence-corrected chi connectivity index (χ4v) is 2.05. The molecule has 17 heavy (non-hydrogen) atoms. The molecule has 0 radical (unpaired) electrons. The number of hydrogen-bond acceptors (Lipinski definition) is 2. The zero-order valence-electron chi connectivity index (χ0n) is 9.93. The van der Waals surface area contributed by atoms with E-state index in [2.05, 4.69) is 12.2 Å². The van der Waals surface area contributed by atoms with Gasteiger partial charge in [0.05, 0.1) is 5.02 Å². The summed E-state index contributed by atoms with van der Waals surface area (Å²) in [6, 6.07) is 5.32. The fraction of sp³-hybridized carbons (Fsp3) is 0.538. The van der Waals surface area contributed by atoms with Crippen molar-refractivity contribution in [1.29, 1.82) is 0 Å². The molecular weight excluding hydrogens is 257 g/mol. The quantitative estimate of drug-likeness (QED) is 0.794. The molecule has 1 aromatic carbocycles. The lowest BCUT2D eigenvalue weighted by Crippen LogP contribution is -2.33. The van der Waals surface area contributed by atoms with Crippen molar-refractivity contribution in [2.24, 2.45) is 0 Å². The number of ether oxygens (including phenoxy) is 1. The van der Waals surface area contributed by atoms with E-state index < -0.39 is 0 Å². The molecule has 0 atom stereocenters. The summed E-state index contributed by atoms with van der Waals surface area (Å²) in [6.45, 7) is 4.05. The maximum atomic E-state index is 6.09. The minimum Gasteiger partial charge on any atom is -0.484 e. The molecule has 4 heteroatoms. The van der Waals surface area contributed by atoms with Gasteiger partial charge in [0.15, 0.2) is 0 Å². The number of halogens is 2. The average molecular weight is 274 g/mol. The average Bonchev–Trinajstić information content (AvgIpc) is 3.04. The number of rotatable bonds is 6. The summed E-state index contributed by atoms with van der Waals surface area (Å²) in [4.78, 5) is 0. The maximum absolute atomic E-state index is 6.09. The Kier molecular flexibility index (Phi) is 4.18. The van der Waals surface area contributed by atoms with Gasteiger partial charge in [-0.25, -0.2) is 0 Å². The lowest BCUT2D eigenvalue weighted by atomic mass is 10.3. The van der Waals surface area contributed by atoms with Crippen LogP contribution in [-0.4, -0.2) is 18.7 Å². The van der Waals surface area contributed by atoms with Crippen LogP contribution in [0.15, 0.2) is 18.2 Å². The summed E-state index contributed by atoms with van der Waals surface area (Å²) >= 11 is 12.0. The number of benzene rings is 1. The van der Waals surface area contributed by atoms with E-state index >= 15 is 0 Å². The summed E-state index contributed by atoms with van der Waals surface area (Å²) in [5, 5.41) is 4.67. The molecule has 0 spiro atoms. The van der Waals surface area contributed by atoms with E-state index in [1.54, 1.807) is 18.2 Å². The van der Waals surface area contributed by atoms with Crippen molar-refractivity contribution >= 4 is 23.2 Å². The highest BCUT2D eigenvalue weighted by Gasteiger charge is 2.45. The van der Waals surface area contributed by atoms with E-state index in [1.807, 2.05) is 0 Å². The van der Waals surface area contributed by atoms with Crippen molar-refractivity contribution in [2.45, 2.75) is 31.8 Å². The van der Waals surface area contributed by atoms with Crippen LogP contribution in [0.1, 0.15) is 26.2 Å². The molecule has 0 bridgehead atoms. The Balaban J connectivity index is 1.97. The lowest BCUT2D eigenvalue weighted by Gasteiger charge is -2.19. The molecule has 1 saturated carbocycles. The van der Waals surface area contributed by atoms with Crippen LogP contribution >= 0.6 is 23.2 Å². The topological polar surface area (TPSA) is 21.3 Å². The minimum absolute atomic E-state index is 0.0660. The van der Waals surface area contributed by atoms with Crippen molar-refractivity contribution < 1.29 is 4.74 Å². The van der Waals surface area contributed by atoms with Gasteiger partial charge in [-0.3, -0.25) is 0 Å². The minimum atomic E-state index is -0.0660. The third-order valence-corrected chi connectivity index (χ3v) is 3.45. The number of nitrogens with one attached hydrogen (secondary N) is 1. The molecule has 1 N–H and O–H groups in total. The Bertz CT molecular complexity index is 391. The number of hydrogen-bond donors (Lipinski definition) is 1. The summed E-state index contributed by atoms with van der Waals surface area (Å²) in [5.41, 5.74) is -0.0660. The SMILES string of the molecule is CCCNCC1(Oc2cc(Cl)ccc2Cl)CC1. The van der Waals surface area contributed by atoms with E-state index in [4.69, 9.17) is 27.9 Å². The first kappa shape index (κ1) is 13.0. The first-order valence-electron chi connectivity index (χ1n) is 6.00. The predicted molar refractivity (Wildman–Crippen MR) is 72.2 cm³/mol. The zero-order valence-corrected chi connectivity index (χ0v) is 11.4. The monoisotopic (exact) mass is 273 g/mol. The Labute approximate surface area is 112 Å². The van der Waals surface area contributed by atoms with Gasteiger partial charge >= 0.3 is 0 Å². The highest BCUT2D eigenvalue weighted by Crippen LogP contribution is 2.42. The van der Waals surface area contributed by atoms with Crippen LogP contribution in [0, 0.1) is 0 Å². The molecule has 1 aliphatic rings. The van der Waals surface area contributed by atoms with Gasteiger partial charge in [0.2, 0.25) is 0 Å². The molecule has 0 amide bonds. The van der Waals surface area contributed by atoms with Crippen LogP contribution in [-0.2, 0) is 0 Å². The summed E-state index contributed by atoms with van der Waals surface area (Å²) in [6.07, 6.45) is 3.28. The van der Waals surface area contributed by atoms with Crippen LogP contribution in [0.3, 0.4) is 0 Å². The van der Waals surface area contributed by atoms with Gasteiger partial charge in [-0.2, -0.15) is 0 Å². The van der Waals surface area contributed by atoms with E-state index in [9.17, 15) is 0 Å². The normalized spacial score (nSPS) is 16.9. The molecule has 2 nitrogen and oxygen atoms in total. The highest BCUT2D eigenvalue weighted by atomic mass is 35.5. The maximum Gasteiger partial charge on any atom is 0.140 e. The van der Waals surface area contributed by atoms with Crippen molar-refractivity contribution in [2.75, 3.05) is 13.1 Å². The Morgan fingerprint density at radius 3 is 2.76 bits per heavy atom. The summed E-state index contributed by atoms with van der Waals surface area (Å²) in [7, 11) is 0. The molecule has 0 heterocycles. The molecular formula is C13H17Cl2NO. The van der Waals surface area contributed by atoms with Crippen molar-refractivity contribution in [3.63, 3.8) is 0 Å². The third kappa shape index (κ3) is 3.51. The Morgan fingerprint density at radius 1 is 1.35 bits per heavy atom. The van der Waals surface area contributed by atoms with Crippen LogP contribution in [0.5, 0.6) is 5.75 Å². The molecule has 2 rings (SSSR count). The van der Waals surface area contributed by atoms with Gasteiger partial charge in [-0.1, -0.05) is 30.1 Å². The van der Waals surface area contributed by atoms with E-state index in [-0.39, 0.29) is 5.60 Å². The van der Waals surface area contributed by atoms with Gasteiger partial charge in [0, 0.05) is 17.6 Å². The van der Waals surface area contributed by atoms with Crippen molar-refractivity contribution in [3.05, 3.63) is 28.2 Å². The molecule has 0 aromatic heterocycles. The largest absolute Gasteiger partial charge is 0.484 e. The van der Waals surface area contributed by atoms with E-state index in [0.29, 0.717) is 15.8 Å². The molecule has 1 fully saturated rings. The second kappa shape index (κ2) is 5.47. The Morgan fingerprint density at radius 2 is 2.12 bits per heavy atom. The van der Waals surface area contributed by atoms with E-state index in [1.165, 1.54) is 0 Å². The highest BCUT2D eigenvalue weighted by molar-refractivity contribution is 6.34. The second-order valence-corrected chi connectivity index (χ2v) is 5.38.